The van der Waals surface area contributed by atoms with Crippen molar-refractivity contribution in [2.45, 2.75) is 37.9 Å². The van der Waals surface area contributed by atoms with E-state index in [9.17, 15) is 4.79 Å². The van der Waals surface area contributed by atoms with Gasteiger partial charge in [-0.3, -0.25) is 9.78 Å². The average Bonchev–Trinajstić information content (AvgIpc) is 2.21. The van der Waals surface area contributed by atoms with Gasteiger partial charge in [0.1, 0.15) is 0 Å². The van der Waals surface area contributed by atoms with Gasteiger partial charge in [-0.25, -0.2) is 0 Å². The summed E-state index contributed by atoms with van der Waals surface area (Å²) in [5.41, 5.74) is 11.2. The summed E-state index contributed by atoms with van der Waals surface area (Å²) in [7, 11) is 0. The van der Waals surface area contributed by atoms with Gasteiger partial charge in [0.25, 0.3) is 5.56 Å². The maximum Gasteiger partial charge on any atom is 0.251 e. The molecule has 1 aromatic heterocycles. The summed E-state index contributed by atoms with van der Waals surface area (Å²) in [5.74, 6) is 0.427. The molecule has 0 amide bonds. The molecule has 6 heteroatoms. The molecule has 1 fully saturated rings. The molecule has 0 bridgehead atoms. The Balaban J connectivity index is 2.10. The van der Waals surface area contributed by atoms with E-state index in [1.165, 1.54) is 6.07 Å². The van der Waals surface area contributed by atoms with Crippen molar-refractivity contribution >= 4 is 12.2 Å². The van der Waals surface area contributed by atoms with E-state index in [1.54, 1.807) is 6.20 Å². The Labute approximate surface area is 105 Å². The van der Waals surface area contributed by atoms with Crippen LogP contribution in [-0.4, -0.2) is 15.2 Å². The molecule has 1 saturated carbocycles. The fourth-order valence-corrected chi connectivity index (χ4v) is 2.72. The first-order valence-electron chi connectivity index (χ1n) is 5.84. The van der Waals surface area contributed by atoms with Crippen molar-refractivity contribution in [3.05, 3.63) is 27.4 Å². The molecule has 94 valence electrons. The molecule has 0 aromatic carbocycles. The van der Waals surface area contributed by atoms with Gasteiger partial charge in [0.05, 0.1) is 5.66 Å². The van der Waals surface area contributed by atoms with Gasteiger partial charge in [-0.05, 0) is 43.8 Å². The number of nitrogens with zero attached hydrogens (tertiary/aromatic N) is 1. The number of aromatic amines is 1. The van der Waals surface area contributed by atoms with Crippen LogP contribution in [0.2, 0.25) is 0 Å². The average molecular weight is 254 g/mol. The molecular weight excluding hydrogens is 236 g/mol. The van der Waals surface area contributed by atoms with Crippen molar-refractivity contribution in [3.8, 4) is 0 Å². The van der Waals surface area contributed by atoms with Crippen LogP contribution in [0.3, 0.4) is 0 Å². The van der Waals surface area contributed by atoms with Gasteiger partial charge in [-0.2, -0.15) is 0 Å². The van der Waals surface area contributed by atoms with Crippen LogP contribution < -0.4 is 17.0 Å². The van der Waals surface area contributed by atoms with Gasteiger partial charge in [0.15, 0.2) is 4.77 Å². The summed E-state index contributed by atoms with van der Waals surface area (Å²) in [6.45, 7) is 0.770. The first-order valence-corrected chi connectivity index (χ1v) is 6.25. The van der Waals surface area contributed by atoms with Crippen LogP contribution in [0.1, 0.15) is 25.7 Å². The summed E-state index contributed by atoms with van der Waals surface area (Å²) in [6.07, 6.45) is 5.56. The van der Waals surface area contributed by atoms with Gasteiger partial charge in [0, 0.05) is 18.8 Å². The summed E-state index contributed by atoms with van der Waals surface area (Å²) in [5, 5.41) is 0. The smallest absolute Gasteiger partial charge is 0.251 e. The molecule has 17 heavy (non-hydrogen) atoms. The van der Waals surface area contributed by atoms with Crippen LogP contribution in [0.15, 0.2) is 17.1 Å². The summed E-state index contributed by atoms with van der Waals surface area (Å²) < 4.78 is 2.34. The number of hydrogen-bond acceptors (Lipinski definition) is 4. The van der Waals surface area contributed by atoms with Crippen molar-refractivity contribution < 1.29 is 0 Å². The molecule has 0 saturated heterocycles. The van der Waals surface area contributed by atoms with E-state index in [2.05, 4.69) is 4.98 Å². The van der Waals surface area contributed by atoms with Gasteiger partial charge in [-0.1, -0.05) is 0 Å². The molecule has 1 atom stereocenters. The zero-order chi connectivity index (χ0) is 12.5. The van der Waals surface area contributed by atoms with Crippen molar-refractivity contribution in [1.29, 1.82) is 0 Å². The second kappa shape index (κ2) is 4.72. The summed E-state index contributed by atoms with van der Waals surface area (Å²) >= 11 is 5.11. The molecule has 0 radical (unpaired) electrons. The second-order valence-electron chi connectivity index (χ2n) is 4.96. The standard InChI is InChI=1S/C11H18N4OS/c12-11(13)4-1-2-8(6-11)7-15-5-3-9(16)14-10(15)17/h3,5,8H,1-2,4,6-7,12-13H2,(H,14,16,17). The van der Waals surface area contributed by atoms with E-state index in [-0.39, 0.29) is 5.56 Å². The van der Waals surface area contributed by atoms with Gasteiger partial charge in [-0.15, -0.1) is 0 Å². The van der Waals surface area contributed by atoms with Crippen LogP contribution in [-0.2, 0) is 6.54 Å². The predicted molar refractivity (Wildman–Crippen MR) is 69.0 cm³/mol. The summed E-state index contributed by atoms with van der Waals surface area (Å²) in [6, 6.07) is 1.48. The third-order valence-corrected chi connectivity index (χ3v) is 3.61. The van der Waals surface area contributed by atoms with Gasteiger partial charge >= 0.3 is 0 Å². The number of rotatable bonds is 2. The lowest BCUT2D eigenvalue weighted by atomic mass is 9.82. The van der Waals surface area contributed by atoms with E-state index >= 15 is 0 Å². The molecule has 1 heterocycles. The van der Waals surface area contributed by atoms with Crippen molar-refractivity contribution in [1.82, 2.24) is 9.55 Å². The monoisotopic (exact) mass is 254 g/mol. The number of nitrogens with two attached hydrogens (primary N) is 2. The molecule has 1 aliphatic rings. The van der Waals surface area contributed by atoms with E-state index in [1.807, 2.05) is 4.57 Å². The molecule has 0 aliphatic heterocycles. The molecule has 1 unspecified atom stereocenters. The lowest BCUT2D eigenvalue weighted by Crippen LogP contribution is -2.52. The third-order valence-electron chi connectivity index (χ3n) is 3.28. The highest BCUT2D eigenvalue weighted by Crippen LogP contribution is 2.28. The number of aromatic nitrogens is 2. The lowest BCUT2D eigenvalue weighted by molar-refractivity contribution is 0.211. The largest absolute Gasteiger partial charge is 0.325 e. The topological polar surface area (TPSA) is 89.8 Å². The zero-order valence-corrected chi connectivity index (χ0v) is 10.5. The highest BCUT2D eigenvalue weighted by Gasteiger charge is 2.29. The Morgan fingerprint density at radius 1 is 1.59 bits per heavy atom. The first-order chi connectivity index (χ1) is 7.96. The van der Waals surface area contributed by atoms with E-state index in [0.717, 1.165) is 32.2 Å². The quantitative estimate of drug-likeness (QED) is 0.535. The van der Waals surface area contributed by atoms with Crippen LogP contribution in [0.4, 0.5) is 0 Å². The highest BCUT2D eigenvalue weighted by atomic mass is 32.1. The Kier molecular flexibility index (Phi) is 3.46. The maximum absolute atomic E-state index is 11.1. The molecule has 1 aliphatic carbocycles. The minimum atomic E-state index is -0.548. The van der Waals surface area contributed by atoms with Crippen LogP contribution in [0, 0.1) is 10.7 Å². The number of nitrogens with one attached hydrogen (secondary N) is 1. The molecule has 1 aromatic rings. The van der Waals surface area contributed by atoms with Crippen LogP contribution in [0.25, 0.3) is 0 Å². The van der Waals surface area contributed by atoms with Crippen LogP contribution in [0.5, 0.6) is 0 Å². The first kappa shape index (κ1) is 12.5. The second-order valence-corrected chi connectivity index (χ2v) is 5.34. The SMILES string of the molecule is NC1(N)CCCC(Cn2ccc(=O)[nH]c2=S)C1. The Hall–Kier alpha value is -0.980. The summed E-state index contributed by atoms with van der Waals surface area (Å²) in [4.78, 5) is 13.7. The van der Waals surface area contributed by atoms with Crippen molar-refractivity contribution in [2.24, 2.45) is 17.4 Å². The number of hydrogen-bond donors (Lipinski definition) is 3. The minimum Gasteiger partial charge on any atom is -0.325 e. The molecule has 0 spiro atoms. The Morgan fingerprint density at radius 2 is 2.35 bits per heavy atom. The third kappa shape index (κ3) is 3.24. The molecular formula is C11H18N4OS. The zero-order valence-electron chi connectivity index (χ0n) is 9.69. The molecule has 5 nitrogen and oxygen atoms in total. The highest BCUT2D eigenvalue weighted by molar-refractivity contribution is 7.71. The fourth-order valence-electron chi connectivity index (χ4n) is 2.48. The lowest BCUT2D eigenvalue weighted by Gasteiger charge is -2.35. The molecule has 2 rings (SSSR count). The predicted octanol–water partition coefficient (Wildman–Crippen LogP) is 0.710. The fraction of sp³-hybridized carbons (Fsp3) is 0.636. The number of H-pyrrole nitrogens is 1. The maximum atomic E-state index is 11.1. The van der Waals surface area contributed by atoms with Crippen molar-refractivity contribution in [2.75, 3.05) is 0 Å². The van der Waals surface area contributed by atoms with Crippen molar-refractivity contribution in [3.63, 3.8) is 0 Å². The normalized spacial score (nSPS) is 23.5. The van der Waals surface area contributed by atoms with E-state index < -0.39 is 5.66 Å². The van der Waals surface area contributed by atoms with Gasteiger partial charge < -0.3 is 16.0 Å². The Bertz CT molecular complexity index is 505. The van der Waals surface area contributed by atoms with Crippen LogP contribution >= 0.6 is 12.2 Å². The minimum absolute atomic E-state index is 0.165. The van der Waals surface area contributed by atoms with E-state index in [0.29, 0.717) is 10.7 Å². The van der Waals surface area contributed by atoms with Gasteiger partial charge in [0.2, 0.25) is 0 Å². The molecule has 5 N–H and O–H groups in total. The van der Waals surface area contributed by atoms with E-state index in [4.69, 9.17) is 23.7 Å². The Morgan fingerprint density at radius 3 is 3.00 bits per heavy atom.